The van der Waals surface area contributed by atoms with Gasteiger partial charge in [-0.2, -0.15) is 18.6 Å². The van der Waals surface area contributed by atoms with Gasteiger partial charge in [0.25, 0.3) is 10.1 Å². The van der Waals surface area contributed by atoms with Crippen molar-refractivity contribution in [1.29, 1.82) is 0 Å². The molecule has 0 heterocycles. The van der Waals surface area contributed by atoms with Crippen LogP contribution in [0.5, 0.6) is 17.2 Å². The van der Waals surface area contributed by atoms with Gasteiger partial charge in [0, 0.05) is 12.1 Å². The Morgan fingerprint density at radius 3 is 1.81 bits per heavy atom. The van der Waals surface area contributed by atoms with Gasteiger partial charge in [-0.25, -0.2) is 0 Å². The number of hydrogen-bond acceptors (Lipinski definition) is 9. The van der Waals surface area contributed by atoms with Crippen molar-refractivity contribution in [2.24, 2.45) is 20.5 Å². The zero-order valence-corrected chi connectivity index (χ0v) is 20.3. The van der Waals surface area contributed by atoms with Crippen molar-refractivity contribution in [3.8, 4) is 17.2 Å². The van der Waals surface area contributed by atoms with Crippen LogP contribution < -0.4 is 44.1 Å². The van der Waals surface area contributed by atoms with E-state index < -0.39 is 10.1 Å². The first-order valence-electron chi connectivity index (χ1n) is 8.74. The van der Waals surface area contributed by atoms with Gasteiger partial charge in [0.1, 0.15) is 22.9 Å². The van der Waals surface area contributed by atoms with Gasteiger partial charge in [-0.3, -0.25) is 4.55 Å². The minimum atomic E-state index is -4.36. The van der Waals surface area contributed by atoms with Crippen molar-refractivity contribution in [3.63, 3.8) is 0 Å². The van der Waals surface area contributed by atoms with E-state index in [9.17, 15) is 13.5 Å². The Kier molecular flexibility index (Phi) is 8.87. The Morgan fingerprint density at radius 2 is 1.31 bits per heavy atom. The molecule has 3 aromatic rings. The first-order valence-corrected chi connectivity index (χ1v) is 10.2. The Balaban J connectivity index is 0.00000363. The Bertz CT molecular complexity index is 1250. The number of ether oxygens (including phenoxy) is 2. The Morgan fingerprint density at radius 1 is 0.781 bits per heavy atom. The molecule has 160 valence electrons. The number of hydrogen-bond donors (Lipinski definition) is 1. The summed E-state index contributed by atoms with van der Waals surface area (Å²) in [6.07, 6.45) is 0. The minimum absolute atomic E-state index is 0. The molecular formula is C20H17N4NaO6S. The monoisotopic (exact) mass is 464 g/mol. The fourth-order valence-electron chi connectivity index (χ4n) is 2.46. The molecule has 0 spiro atoms. The summed E-state index contributed by atoms with van der Waals surface area (Å²) in [7, 11) is -1.47. The van der Waals surface area contributed by atoms with E-state index in [1.807, 2.05) is 0 Å². The summed E-state index contributed by atoms with van der Waals surface area (Å²) in [5.74, 6) is 0.528. The number of nitrogens with zero attached hydrogens (tertiary/aromatic N) is 4. The summed E-state index contributed by atoms with van der Waals surface area (Å²) in [5, 5.41) is 27.5. The van der Waals surface area contributed by atoms with Gasteiger partial charge in [-0.05, 0) is 30.3 Å². The molecule has 0 atom stereocenters. The second-order valence-corrected chi connectivity index (χ2v) is 7.48. The summed E-state index contributed by atoms with van der Waals surface area (Å²) in [6.45, 7) is 0. The van der Waals surface area contributed by atoms with Crippen LogP contribution in [-0.4, -0.2) is 27.2 Å². The molecule has 10 nitrogen and oxygen atoms in total. The maximum atomic E-state index is 11.3. The second-order valence-electron chi connectivity index (χ2n) is 6.06. The Labute approximate surface area is 206 Å². The van der Waals surface area contributed by atoms with Crippen LogP contribution >= 0.6 is 0 Å². The third kappa shape index (κ3) is 6.58. The van der Waals surface area contributed by atoms with Crippen molar-refractivity contribution in [3.05, 3.63) is 60.7 Å². The zero-order valence-electron chi connectivity index (χ0n) is 17.5. The van der Waals surface area contributed by atoms with Crippen LogP contribution in [0, 0.1) is 0 Å². The van der Waals surface area contributed by atoms with E-state index in [1.54, 1.807) is 18.2 Å². The molecule has 0 unspecified atom stereocenters. The van der Waals surface area contributed by atoms with E-state index in [0.29, 0.717) is 28.6 Å². The average molecular weight is 464 g/mol. The predicted octanol–water partition coefficient (Wildman–Crippen LogP) is 1.86. The second kappa shape index (κ2) is 11.2. The maximum Gasteiger partial charge on any atom is 1.00 e. The molecule has 0 aliphatic heterocycles. The Hall–Kier alpha value is -2.83. The molecule has 0 aliphatic carbocycles. The van der Waals surface area contributed by atoms with Gasteiger partial charge in [0.2, 0.25) is 0 Å². The van der Waals surface area contributed by atoms with Crippen LogP contribution in [0.1, 0.15) is 0 Å². The van der Waals surface area contributed by atoms with E-state index in [0.717, 1.165) is 0 Å². The molecule has 0 aromatic heterocycles. The summed E-state index contributed by atoms with van der Waals surface area (Å²) < 4.78 is 42.4. The topological polar surface area (TPSA) is 145 Å². The molecule has 0 saturated carbocycles. The van der Waals surface area contributed by atoms with E-state index in [1.165, 1.54) is 56.7 Å². The first-order chi connectivity index (χ1) is 14.8. The SMILES string of the molecule is COc1cc(N=Nc2cccc(S(=O)(=O)O)c2)c(OC)cc1N=Nc1ccc([O-])cc1.[Na+]. The van der Waals surface area contributed by atoms with Gasteiger partial charge < -0.3 is 14.6 Å². The van der Waals surface area contributed by atoms with Crippen molar-refractivity contribution < 1.29 is 57.1 Å². The largest absolute Gasteiger partial charge is 1.00 e. The molecule has 0 bridgehead atoms. The van der Waals surface area contributed by atoms with Gasteiger partial charge in [0.05, 0.1) is 30.5 Å². The molecule has 0 aliphatic rings. The average Bonchev–Trinajstić information content (AvgIpc) is 2.76. The molecule has 0 saturated heterocycles. The zero-order chi connectivity index (χ0) is 22.4. The molecule has 3 aromatic carbocycles. The van der Waals surface area contributed by atoms with Crippen LogP contribution in [0.2, 0.25) is 0 Å². The van der Waals surface area contributed by atoms with E-state index >= 15 is 0 Å². The third-order valence-electron chi connectivity index (χ3n) is 3.98. The standard InChI is InChI=1S/C20H18N4O6S.Na/c1-29-19-12-18(24-22-14-4-3-5-16(10-14)31(26,27)28)20(30-2)11-17(19)23-21-13-6-8-15(25)9-7-13;/h3-12,25H,1-2H3,(H,26,27,28);/q;+1/p-1. The van der Waals surface area contributed by atoms with Crippen molar-refractivity contribution in [1.82, 2.24) is 0 Å². The molecule has 0 fully saturated rings. The summed E-state index contributed by atoms with van der Waals surface area (Å²) in [6, 6.07) is 14.3. The predicted molar refractivity (Wildman–Crippen MR) is 110 cm³/mol. The number of benzene rings is 3. The van der Waals surface area contributed by atoms with Crippen LogP contribution in [0.4, 0.5) is 22.7 Å². The van der Waals surface area contributed by atoms with Crippen LogP contribution in [0.25, 0.3) is 0 Å². The van der Waals surface area contributed by atoms with Crippen LogP contribution in [0.15, 0.2) is 86.0 Å². The molecule has 3 rings (SSSR count). The number of azo groups is 2. The summed E-state index contributed by atoms with van der Waals surface area (Å²) in [4.78, 5) is -0.297. The van der Waals surface area contributed by atoms with Crippen LogP contribution in [-0.2, 0) is 10.1 Å². The fourth-order valence-corrected chi connectivity index (χ4v) is 2.98. The molecule has 1 N–H and O–H groups in total. The maximum absolute atomic E-state index is 11.3. The normalized spacial score (nSPS) is 11.5. The van der Waals surface area contributed by atoms with E-state index in [2.05, 4.69) is 20.5 Å². The van der Waals surface area contributed by atoms with Crippen LogP contribution in [0.3, 0.4) is 0 Å². The van der Waals surface area contributed by atoms with Gasteiger partial charge in [-0.1, -0.05) is 18.2 Å². The molecular weight excluding hydrogens is 447 g/mol. The van der Waals surface area contributed by atoms with Gasteiger partial charge in [-0.15, -0.1) is 16.0 Å². The van der Waals surface area contributed by atoms with Crippen molar-refractivity contribution in [2.75, 3.05) is 14.2 Å². The molecule has 12 heteroatoms. The minimum Gasteiger partial charge on any atom is -0.872 e. The molecule has 0 amide bonds. The third-order valence-corrected chi connectivity index (χ3v) is 4.83. The van der Waals surface area contributed by atoms with E-state index in [-0.39, 0.29) is 45.9 Å². The summed E-state index contributed by atoms with van der Waals surface area (Å²) in [5.41, 5.74) is 1.36. The summed E-state index contributed by atoms with van der Waals surface area (Å²) >= 11 is 0. The number of methoxy groups -OCH3 is 2. The van der Waals surface area contributed by atoms with Gasteiger partial charge >= 0.3 is 29.6 Å². The quantitative estimate of drug-likeness (QED) is 0.321. The van der Waals surface area contributed by atoms with Gasteiger partial charge in [0.15, 0.2) is 0 Å². The first kappa shape index (κ1) is 25.4. The number of rotatable bonds is 7. The molecule has 0 radical (unpaired) electrons. The van der Waals surface area contributed by atoms with Crippen molar-refractivity contribution >= 4 is 32.9 Å². The fraction of sp³-hybridized carbons (Fsp3) is 0.100. The molecule has 32 heavy (non-hydrogen) atoms. The van der Waals surface area contributed by atoms with E-state index in [4.69, 9.17) is 14.0 Å². The van der Waals surface area contributed by atoms with Crippen molar-refractivity contribution in [2.45, 2.75) is 4.90 Å². The smallest absolute Gasteiger partial charge is 0.872 e.